The lowest BCUT2D eigenvalue weighted by molar-refractivity contribution is -0.142. The quantitative estimate of drug-likeness (QED) is 0.800. The van der Waals surface area contributed by atoms with Crippen LogP contribution in [0.25, 0.3) is 0 Å². The summed E-state index contributed by atoms with van der Waals surface area (Å²) >= 11 is 0. The van der Waals surface area contributed by atoms with Crippen molar-refractivity contribution in [3.8, 4) is 0 Å². The van der Waals surface area contributed by atoms with Crippen LogP contribution in [0.3, 0.4) is 0 Å². The van der Waals surface area contributed by atoms with Gasteiger partial charge < -0.3 is 15.2 Å². The van der Waals surface area contributed by atoms with Gasteiger partial charge in [0.2, 0.25) is 0 Å². The lowest BCUT2D eigenvalue weighted by Gasteiger charge is -2.24. The van der Waals surface area contributed by atoms with Gasteiger partial charge in [-0.3, -0.25) is 4.79 Å². The van der Waals surface area contributed by atoms with Crippen LogP contribution in [0.1, 0.15) is 33.6 Å². The second-order valence-electron chi connectivity index (χ2n) is 5.43. The molecule has 2 N–H and O–H groups in total. The van der Waals surface area contributed by atoms with Crippen molar-refractivity contribution < 1.29 is 28.2 Å². The SMILES string of the molecule is CC(C)(C)OC(=O)N[C@@H]1CC(C(=O)O)CC1(F)F. The van der Waals surface area contributed by atoms with E-state index in [2.05, 4.69) is 0 Å². The Balaban J connectivity index is 2.62. The van der Waals surface area contributed by atoms with Crippen LogP contribution in [0, 0.1) is 5.92 Å². The van der Waals surface area contributed by atoms with Crippen molar-refractivity contribution in [3.05, 3.63) is 0 Å². The molecule has 1 saturated carbocycles. The Morgan fingerprint density at radius 1 is 1.39 bits per heavy atom. The summed E-state index contributed by atoms with van der Waals surface area (Å²) < 4.78 is 31.8. The monoisotopic (exact) mass is 265 g/mol. The molecule has 104 valence electrons. The molecule has 1 rings (SSSR count). The molecule has 18 heavy (non-hydrogen) atoms. The van der Waals surface area contributed by atoms with Crippen LogP contribution in [-0.2, 0) is 9.53 Å². The number of aliphatic carboxylic acids is 1. The third-order valence-corrected chi connectivity index (χ3v) is 2.59. The Hall–Kier alpha value is -1.40. The maximum Gasteiger partial charge on any atom is 0.408 e. The Labute approximate surface area is 103 Å². The van der Waals surface area contributed by atoms with Crippen LogP contribution in [-0.4, -0.2) is 34.7 Å². The Morgan fingerprint density at radius 2 is 1.94 bits per heavy atom. The highest BCUT2D eigenvalue weighted by Gasteiger charge is 2.52. The molecule has 0 aromatic rings. The van der Waals surface area contributed by atoms with Crippen molar-refractivity contribution in [1.82, 2.24) is 5.32 Å². The van der Waals surface area contributed by atoms with E-state index in [0.29, 0.717) is 0 Å². The molecule has 1 amide bonds. The normalized spacial score (nSPS) is 26.7. The molecule has 1 aliphatic rings. The standard InChI is InChI=1S/C11H17F2NO4/c1-10(2,3)18-9(17)14-7-4-6(8(15)16)5-11(7,12)13/h6-7H,4-5H2,1-3H3,(H,14,17)(H,15,16)/t6?,7-/m1/s1. The van der Waals surface area contributed by atoms with Gasteiger partial charge in [0.15, 0.2) is 0 Å². The first-order valence-corrected chi connectivity index (χ1v) is 5.61. The highest BCUT2D eigenvalue weighted by Crippen LogP contribution is 2.39. The van der Waals surface area contributed by atoms with Gasteiger partial charge in [0.05, 0.1) is 12.0 Å². The van der Waals surface area contributed by atoms with Crippen LogP contribution in [0.5, 0.6) is 0 Å². The summed E-state index contributed by atoms with van der Waals surface area (Å²) in [4.78, 5) is 22.0. The molecule has 0 heterocycles. The first kappa shape index (κ1) is 14.7. The molecule has 1 unspecified atom stereocenters. The zero-order valence-electron chi connectivity index (χ0n) is 10.5. The molecular formula is C11H17F2NO4. The number of carboxylic acid groups (broad SMARTS) is 1. The average Bonchev–Trinajstić information content (AvgIpc) is 2.38. The van der Waals surface area contributed by atoms with E-state index < -0.39 is 42.0 Å². The minimum Gasteiger partial charge on any atom is -0.481 e. The van der Waals surface area contributed by atoms with E-state index in [9.17, 15) is 18.4 Å². The van der Waals surface area contributed by atoms with Gasteiger partial charge >= 0.3 is 12.1 Å². The van der Waals surface area contributed by atoms with Gasteiger partial charge in [-0.25, -0.2) is 13.6 Å². The van der Waals surface area contributed by atoms with Gasteiger partial charge in [0.25, 0.3) is 5.92 Å². The molecule has 0 radical (unpaired) electrons. The fraction of sp³-hybridized carbons (Fsp3) is 0.818. The molecule has 0 spiro atoms. The second-order valence-corrected chi connectivity index (χ2v) is 5.43. The van der Waals surface area contributed by atoms with Crippen molar-refractivity contribution in [2.45, 2.75) is 51.2 Å². The number of nitrogens with one attached hydrogen (secondary N) is 1. The molecule has 0 saturated heterocycles. The minimum atomic E-state index is -3.22. The van der Waals surface area contributed by atoms with E-state index in [1.807, 2.05) is 5.32 Å². The predicted octanol–water partition coefficient (Wildman–Crippen LogP) is 2.01. The maximum absolute atomic E-state index is 13.5. The molecule has 7 heteroatoms. The van der Waals surface area contributed by atoms with Crippen LogP contribution in [0.4, 0.5) is 13.6 Å². The van der Waals surface area contributed by atoms with E-state index in [4.69, 9.17) is 9.84 Å². The van der Waals surface area contributed by atoms with E-state index >= 15 is 0 Å². The molecule has 0 aromatic heterocycles. The summed E-state index contributed by atoms with van der Waals surface area (Å²) in [6.45, 7) is 4.83. The number of amides is 1. The summed E-state index contributed by atoms with van der Waals surface area (Å²) in [5, 5.41) is 10.7. The number of hydrogen-bond donors (Lipinski definition) is 2. The number of hydrogen-bond acceptors (Lipinski definition) is 3. The third kappa shape index (κ3) is 3.82. The first-order valence-electron chi connectivity index (χ1n) is 5.61. The summed E-state index contributed by atoms with van der Waals surface area (Å²) in [5.41, 5.74) is -0.788. The van der Waals surface area contributed by atoms with Crippen LogP contribution < -0.4 is 5.32 Å². The van der Waals surface area contributed by atoms with Crippen LogP contribution in [0.2, 0.25) is 0 Å². The van der Waals surface area contributed by atoms with Gasteiger partial charge in [-0.1, -0.05) is 0 Å². The number of carbonyl (C=O) groups excluding carboxylic acids is 1. The van der Waals surface area contributed by atoms with Crippen molar-refractivity contribution >= 4 is 12.1 Å². The van der Waals surface area contributed by atoms with Crippen molar-refractivity contribution in [2.75, 3.05) is 0 Å². The van der Waals surface area contributed by atoms with Gasteiger partial charge in [0, 0.05) is 6.42 Å². The summed E-state index contributed by atoms with van der Waals surface area (Å²) in [6, 6.07) is -1.49. The highest BCUT2D eigenvalue weighted by molar-refractivity contribution is 5.72. The van der Waals surface area contributed by atoms with Crippen LogP contribution >= 0.6 is 0 Å². The van der Waals surface area contributed by atoms with E-state index in [0.717, 1.165) is 0 Å². The smallest absolute Gasteiger partial charge is 0.408 e. The van der Waals surface area contributed by atoms with Crippen LogP contribution in [0.15, 0.2) is 0 Å². The Bertz CT molecular complexity index is 351. The zero-order valence-corrected chi connectivity index (χ0v) is 10.5. The first-order chi connectivity index (χ1) is 8.01. The van der Waals surface area contributed by atoms with E-state index in [1.165, 1.54) is 0 Å². The lowest BCUT2D eigenvalue weighted by atomic mass is 10.1. The fourth-order valence-electron chi connectivity index (χ4n) is 1.81. The minimum absolute atomic E-state index is 0.290. The second kappa shape index (κ2) is 4.70. The zero-order chi connectivity index (χ0) is 14.1. The summed E-state index contributed by atoms with van der Waals surface area (Å²) in [7, 11) is 0. The van der Waals surface area contributed by atoms with Crippen molar-refractivity contribution in [2.24, 2.45) is 5.92 Å². The van der Waals surface area contributed by atoms with Gasteiger partial charge in [0.1, 0.15) is 5.60 Å². The topological polar surface area (TPSA) is 75.6 Å². The molecular weight excluding hydrogens is 248 g/mol. The number of rotatable bonds is 2. The average molecular weight is 265 g/mol. The van der Waals surface area contributed by atoms with E-state index in [-0.39, 0.29) is 6.42 Å². The lowest BCUT2D eigenvalue weighted by Crippen LogP contribution is -2.45. The number of ether oxygens (including phenoxy) is 1. The number of alkyl halides is 2. The summed E-state index contributed by atoms with van der Waals surface area (Å²) in [5.74, 6) is -5.64. The number of carbonyl (C=O) groups is 2. The van der Waals surface area contributed by atoms with Crippen molar-refractivity contribution in [3.63, 3.8) is 0 Å². The number of carboxylic acids is 1. The molecule has 1 aliphatic carbocycles. The Kier molecular flexibility index (Phi) is 3.83. The number of halogens is 2. The molecule has 1 fully saturated rings. The fourth-order valence-corrected chi connectivity index (χ4v) is 1.81. The number of alkyl carbamates (subject to hydrolysis) is 1. The van der Waals surface area contributed by atoms with Gasteiger partial charge in [-0.05, 0) is 27.2 Å². The molecule has 2 atom stereocenters. The predicted molar refractivity (Wildman–Crippen MR) is 58.5 cm³/mol. The van der Waals surface area contributed by atoms with E-state index in [1.54, 1.807) is 20.8 Å². The van der Waals surface area contributed by atoms with Crippen molar-refractivity contribution in [1.29, 1.82) is 0 Å². The van der Waals surface area contributed by atoms with Gasteiger partial charge in [-0.2, -0.15) is 0 Å². The molecule has 5 nitrogen and oxygen atoms in total. The van der Waals surface area contributed by atoms with Gasteiger partial charge in [-0.15, -0.1) is 0 Å². The molecule has 0 bridgehead atoms. The Morgan fingerprint density at radius 3 is 2.33 bits per heavy atom. The molecule has 0 aliphatic heterocycles. The third-order valence-electron chi connectivity index (χ3n) is 2.59. The summed E-state index contributed by atoms with van der Waals surface area (Å²) in [6.07, 6.45) is -2.01. The highest BCUT2D eigenvalue weighted by atomic mass is 19.3. The largest absolute Gasteiger partial charge is 0.481 e. The molecule has 0 aromatic carbocycles. The maximum atomic E-state index is 13.5.